The summed E-state index contributed by atoms with van der Waals surface area (Å²) < 4.78 is 7.20. The van der Waals surface area contributed by atoms with E-state index in [0.29, 0.717) is 31.7 Å². The molecule has 1 aliphatic heterocycles. The van der Waals surface area contributed by atoms with E-state index in [2.05, 4.69) is 5.10 Å². The van der Waals surface area contributed by atoms with Gasteiger partial charge in [-0.15, -0.1) is 0 Å². The molecule has 3 heterocycles. The minimum Gasteiger partial charge on any atom is -0.480 e. The second kappa shape index (κ2) is 5.43. The summed E-state index contributed by atoms with van der Waals surface area (Å²) in [5, 5.41) is 13.2. The van der Waals surface area contributed by atoms with Gasteiger partial charge in [0.05, 0.1) is 6.54 Å². The first-order chi connectivity index (χ1) is 10.1. The molecule has 2 aromatic rings. The average molecular weight is 289 g/mol. The molecule has 1 aliphatic rings. The third-order valence-electron chi connectivity index (χ3n) is 3.55. The number of aliphatic carboxylic acids is 1. The average Bonchev–Trinajstić information content (AvgIpc) is 3.19. The molecular weight excluding hydrogens is 274 g/mol. The lowest BCUT2D eigenvalue weighted by molar-refractivity contribution is -0.141. The van der Waals surface area contributed by atoms with Crippen molar-refractivity contribution in [3.8, 4) is 0 Å². The van der Waals surface area contributed by atoms with Gasteiger partial charge in [0, 0.05) is 18.9 Å². The van der Waals surface area contributed by atoms with Crippen molar-refractivity contribution < 1.29 is 19.1 Å². The summed E-state index contributed by atoms with van der Waals surface area (Å²) in [6, 6.07) is 4.34. The van der Waals surface area contributed by atoms with Gasteiger partial charge in [0.15, 0.2) is 5.76 Å². The normalized spacial score (nSPS) is 18.1. The molecule has 1 saturated heterocycles. The molecule has 3 rings (SSSR count). The van der Waals surface area contributed by atoms with Crippen LogP contribution in [-0.4, -0.2) is 44.3 Å². The van der Waals surface area contributed by atoms with Gasteiger partial charge in [-0.2, -0.15) is 5.10 Å². The van der Waals surface area contributed by atoms with Crippen molar-refractivity contribution in [2.24, 2.45) is 0 Å². The molecule has 0 bridgehead atoms. The van der Waals surface area contributed by atoms with Gasteiger partial charge in [-0.25, -0.2) is 4.79 Å². The fourth-order valence-electron chi connectivity index (χ4n) is 2.54. The third kappa shape index (κ3) is 2.67. The van der Waals surface area contributed by atoms with E-state index in [9.17, 15) is 9.59 Å². The molecule has 1 N–H and O–H groups in total. The standard InChI is InChI=1S/C14H15N3O4/c18-13(17-8-1-3-11(17)14(19)20)12-5-4-10(21-12)9-16-7-2-6-15-16/h2,4-7,11H,1,3,8-9H2,(H,19,20)/t11-/m1/s1. The summed E-state index contributed by atoms with van der Waals surface area (Å²) in [7, 11) is 0. The number of hydrogen-bond donors (Lipinski definition) is 1. The molecule has 0 saturated carbocycles. The van der Waals surface area contributed by atoms with Gasteiger partial charge < -0.3 is 14.4 Å². The van der Waals surface area contributed by atoms with Gasteiger partial charge >= 0.3 is 5.97 Å². The highest BCUT2D eigenvalue weighted by Crippen LogP contribution is 2.21. The van der Waals surface area contributed by atoms with Crippen LogP contribution >= 0.6 is 0 Å². The van der Waals surface area contributed by atoms with Crippen molar-refractivity contribution in [2.45, 2.75) is 25.4 Å². The molecule has 1 fully saturated rings. The lowest BCUT2D eigenvalue weighted by Crippen LogP contribution is -2.40. The first-order valence-electron chi connectivity index (χ1n) is 6.75. The zero-order valence-electron chi connectivity index (χ0n) is 11.3. The van der Waals surface area contributed by atoms with Crippen LogP contribution in [0.15, 0.2) is 35.0 Å². The Hall–Kier alpha value is -2.57. The lowest BCUT2D eigenvalue weighted by Gasteiger charge is -2.19. The van der Waals surface area contributed by atoms with Crippen molar-refractivity contribution >= 4 is 11.9 Å². The molecule has 1 amide bonds. The van der Waals surface area contributed by atoms with Crippen LogP contribution in [0.25, 0.3) is 0 Å². The van der Waals surface area contributed by atoms with Crippen LogP contribution in [0.5, 0.6) is 0 Å². The number of carbonyl (C=O) groups excluding carboxylic acids is 1. The van der Waals surface area contributed by atoms with Gasteiger partial charge in [-0.05, 0) is 31.0 Å². The molecule has 7 heteroatoms. The Morgan fingerprint density at radius 2 is 2.29 bits per heavy atom. The number of hydrogen-bond acceptors (Lipinski definition) is 4. The first-order valence-corrected chi connectivity index (χ1v) is 6.75. The van der Waals surface area contributed by atoms with E-state index < -0.39 is 12.0 Å². The topological polar surface area (TPSA) is 88.6 Å². The molecule has 0 aliphatic carbocycles. The lowest BCUT2D eigenvalue weighted by atomic mass is 10.2. The monoisotopic (exact) mass is 289 g/mol. The van der Waals surface area contributed by atoms with Crippen LogP contribution in [0.3, 0.4) is 0 Å². The summed E-state index contributed by atoms with van der Waals surface area (Å²) >= 11 is 0. The second-order valence-corrected chi connectivity index (χ2v) is 4.96. The Morgan fingerprint density at radius 1 is 1.43 bits per heavy atom. The Balaban J connectivity index is 1.73. The number of carboxylic acid groups (broad SMARTS) is 1. The molecule has 1 atom stereocenters. The van der Waals surface area contributed by atoms with E-state index in [-0.39, 0.29) is 11.7 Å². The number of furan rings is 1. The number of carbonyl (C=O) groups is 2. The zero-order chi connectivity index (χ0) is 14.8. The number of nitrogens with zero attached hydrogens (tertiary/aromatic N) is 3. The predicted molar refractivity (Wildman–Crippen MR) is 71.7 cm³/mol. The molecule has 110 valence electrons. The van der Waals surface area contributed by atoms with Gasteiger partial charge in [0.25, 0.3) is 5.91 Å². The van der Waals surface area contributed by atoms with Crippen molar-refractivity contribution in [2.75, 3.05) is 6.54 Å². The molecule has 0 radical (unpaired) electrons. The predicted octanol–water partition coefficient (Wildman–Crippen LogP) is 1.21. The van der Waals surface area contributed by atoms with Crippen LogP contribution in [0.2, 0.25) is 0 Å². The van der Waals surface area contributed by atoms with Crippen LogP contribution in [0, 0.1) is 0 Å². The summed E-state index contributed by atoms with van der Waals surface area (Å²) in [6.07, 6.45) is 4.65. The molecule has 0 unspecified atom stereocenters. The minimum atomic E-state index is -0.968. The molecule has 21 heavy (non-hydrogen) atoms. The van der Waals surface area contributed by atoms with E-state index in [1.807, 2.05) is 0 Å². The summed E-state index contributed by atoms with van der Waals surface area (Å²) in [4.78, 5) is 24.8. The van der Waals surface area contributed by atoms with Gasteiger partial charge in [0.2, 0.25) is 0 Å². The van der Waals surface area contributed by atoms with E-state index in [1.165, 1.54) is 4.90 Å². The van der Waals surface area contributed by atoms with Crippen LogP contribution in [-0.2, 0) is 11.3 Å². The minimum absolute atomic E-state index is 0.172. The fourth-order valence-corrected chi connectivity index (χ4v) is 2.54. The third-order valence-corrected chi connectivity index (χ3v) is 3.55. The number of amides is 1. The Labute approximate surface area is 120 Å². The fraction of sp³-hybridized carbons (Fsp3) is 0.357. The molecule has 2 aromatic heterocycles. The summed E-state index contributed by atoms with van der Waals surface area (Å²) in [6.45, 7) is 0.883. The van der Waals surface area contributed by atoms with Crippen LogP contribution in [0.4, 0.5) is 0 Å². The quantitative estimate of drug-likeness (QED) is 0.914. The molecular formula is C14H15N3O4. The van der Waals surface area contributed by atoms with Gasteiger partial charge in [0.1, 0.15) is 11.8 Å². The molecule has 7 nitrogen and oxygen atoms in total. The van der Waals surface area contributed by atoms with E-state index in [1.54, 1.807) is 35.3 Å². The Kier molecular flexibility index (Phi) is 3.47. The number of likely N-dealkylation sites (tertiary alicyclic amines) is 1. The van der Waals surface area contributed by atoms with E-state index >= 15 is 0 Å². The summed E-state index contributed by atoms with van der Waals surface area (Å²) in [5.41, 5.74) is 0. The maximum atomic E-state index is 12.3. The maximum Gasteiger partial charge on any atom is 0.326 e. The van der Waals surface area contributed by atoms with E-state index in [4.69, 9.17) is 9.52 Å². The number of aromatic nitrogens is 2. The number of rotatable bonds is 4. The van der Waals surface area contributed by atoms with Crippen molar-refractivity contribution in [3.05, 3.63) is 42.1 Å². The maximum absolute atomic E-state index is 12.3. The molecule has 0 aromatic carbocycles. The second-order valence-electron chi connectivity index (χ2n) is 4.96. The zero-order valence-corrected chi connectivity index (χ0v) is 11.3. The van der Waals surface area contributed by atoms with Crippen molar-refractivity contribution in [1.29, 1.82) is 0 Å². The largest absolute Gasteiger partial charge is 0.480 e. The van der Waals surface area contributed by atoms with Crippen molar-refractivity contribution in [3.63, 3.8) is 0 Å². The Morgan fingerprint density at radius 3 is 3.00 bits per heavy atom. The highest BCUT2D eigenvalue weighted by Gasteiger charge is 2.35. The SMILES string of the molecule is O=C(O)[C@H]1CCCN1C(=O)c1ccc(Cn2cccn2)o1. The summed E-state index contributed by atoms with van der Waals surface area (Å²) in [5.74, 6) is -0.561. The van der Waals surface area contributed by atoms with E-state index in [0.717, 1.165) is 0 Å². The molecule has 0 spiro atoms. The van der Waals surface area contributed by atoms with Gasteiger partial charge in [-0.3, -0.25) is 9.48 Å². The smallest absolute Gasteiger partial charge is 0.326 e. The highest BCUT2D eigenvalue weighted by molar-refractivity contribution is 5.94. The first kappa shape index (κ1) is 13.4. The Bertz CT molecular complexity index is 647. The van der Waals surface area contributed by atoms with Crippen LogP contribution in [0.1, 0.15) is 29.2 Å². The van der Waals surface area contributed by atoms with Crippen LogP contribution < -0.4 is 0 Å². The highest BCUT2D eigenvalue weighted by atomic mass is 16.4. The van der Waals surface area contributed by atoms with Crippen molar-refractivity contribution in [1.82, 2.24) is 14.7 Å². The number of carboxylic acids is 1. The van der Waals surface area contributed by atoms with Gasteiger partial charge in [-0.1, -0.05) is 0 Å².